The quantitative estimate of drug-likeness (QED) is 0.0992. The van der Waals surface area contributed by atoms with Gasteiger partial charge in [-0.15, -0.1) is 0 Å². The van der Waals surface area contributed by atoms with E-state index in [2.05, 4.69) is 16.0 Å². The van der Waals surface area contributed by atoms with E-state index in [4.69, 9.17) is 23.2 Å². The van der Waals surface area contributed by atoms with E-state index < -0.39 is 36.8 Å². The number of unbranched alkanes of at least 4 members (excludes halogenated alkanes) is 1. The number of benzene rings is 2. The third-order valence-corrected chi connectivity index (χ3v) is 6.42. The highest BCUT2D eigenvalue weighted by Gasteiger charge is 2.30. The summed E-state index contributed by atoms with van der Waals surface area (Å²) in [4.78, 5) is 38.5. The van der Waals surface area contributed by atoms with Crippen molar-refractivity contribution in [3.8, 4) is 6.07 Å². The average Bonchev–Trinajstić information content (AvgIpc) is 2.91. The minimum atomic E-state index is -1.84. The first kappa shape index (κ1) is 32.9. The number of amides is 3. The van der Waals surface area contributed by atoms with E-state index >= 15 is 0 Å². The number of carbonyl (C=O) groups excluding carboxylic acids is 3. The van der Waals surface area contributed by atoms with Crippen molar-refractivity contribution in [2.24, 2.45) is 5.92 Å². The predicted octanol–water partition coefficient (Wildman–Crippen LogP) is 3.22. The molecule has 0 bridgehead atoms. The van der Waals surface area contributed by atoms with Gasteiger partial charge in [0.15, 0.2) is 0 Å². The van der Waals surface area contributed by atoms with Gasteiger partial charge in [0.25, 0.3) is 11.8 Å². The van der Waals surface area contributed by atoms with E-state index in [1.54, 1.807) is 30.3 Å². The van der Waals surface area contributed by atoms with E-state index in [0.717, 1.165) is 5.56 Å². The number of nitrogens with one attached hydrogen (secondary N) is 3. The molecule has 0 aliphatic carbocycles. The van der Waals surface area contributed by atoms with Crippen molar-refractivity contribution in [3.63, 3.8) is 0 Å². The molecule has 0 aliphatic rings. The summed E-state index contributed by atoms with van der Waals surface area (Å²) >= 11 is 12.2. The average molecular weight is 587 g/mol. The summed E-state index contributed by atoms with van der Waals surface area (Å²) in [6.45, 7) is 3.98. The second kappa shape index (κ2) is 16.7. The zero-order valence-corrected chi connectivity index (χ0v) is 23.9. The number of carbonyl (C=O) groups is 3. The van der Waals surface area contributed by atoms with E-state index in [-0.39, 0.29) is 41.5 Å². The van der Waals surface area contributed by atoms with Crippen LogP contribution in [0.1, 0.15) is 49.0 Å². The molecule has 40 heavy (non-hydrogen) atoms. The Labute approximate surface area is 244 Å². The molecular formula is C28H33BCl2N4O5. The maximum atomic E-state index is 13.2. The van der Waals surface area contributed by atoms with Crippen LogP contribution in [0.3, 0.4) is 0 Å². The van der Waals surface area contributed by atoms with Crippen LogP contribution in [0.15, 0.2) is 60.2 Å². The fraction of sp³-hybridized carbons (Fsp3) is 0.357. The highest BCUT2D eigenvalue weighted by molar-refractivity contribution is 6.43. The van der Waals surface area contributed by atoms with Gasteiger partial charge in [-0.1, -0.05) is 73.5 Å². The van der Waals surface area contributed by atoms with E-state index in [1.807, 2.05) is 26.0 Å². The van der Waals surface area contributed by atoms with Gasteiger partial charge in [0.05, 0.1) is 16.5 Å². The molecule has 0 spiro atoms. The van der Waals surface area contributed by atoms with E-state index in [9.17, 15) is 29.7 Å². The first-order chi connectivity index (χ1) is 19.0. The smallest absolute Gasteiger partial charge is 0.426 e. The van der Waals surface area contributed by atoms with Crippen LogP contribution in [0.2, 0.25) is 10.0 Å². The Hall–Kier alpha value is -3.36. The molecule has 0 radical (unpaired) electrons. The summed E-state index contributed by atoms with van der Waals surface area (Å²) < 4.78 is 0. The Morgan fingerprint density at radius 1 is 1.05 bits per heavy atom. The summed E-state index contributed by atoms with van der Waals surface area (Å²) in [6.07, 6.45) is 2.79. The number of nitrogens with zero attached hydrogens (tertiary/aromatic N) is 1. The molecular weight excluding hydrogens is 554 g/mol. The predicted molar refractivity (Wildman–Crippen MR) is 155 cm³/mol. The molecule has 2 rings (SSSR count). The second-order valence-electron chi connectivity index (χ2n) is 9.56. The van der Waals surface area contributed by atoms with Crippen LogP contribution in [-0.2, 0) is 16.0 Å². The Kier molecular flexibility index (Phi) is 13.7. The van der Waals surface area contributed by atoms with E-state index in [1.165, 1.54) is 18.2 Å². The molecule has 2 aromatic rings. The summed E-state index contributed by atoms with van der Waals surface area (Å²) in [6, 6.07) is 14.2. The van der Waals surface area contributed by atoms with Gasteiger partial charge in [0.2, 0.25) is 5.91 Å². The molecule has 2 aromatic carbocycles. The van der Waals surface area contributed by atoms with E-state index in [0.29, 0.717) is 17.9 Å². The van der Waals surface area contributed by atoms with Crippen molar-refractivity contribution in [1.82, 2.24) is 16.0 Å². The number of nitriles is 1. The normalized spacial score (nSPS) is 12.7. The summed E-state index contributed by atoms with van der Waals surface area (Å²) in [7, 11) is -1.84. The Balaban J connectivity index is 2.09. The molecule has 9 nitrogen and oxygen atoms in total. The topological polar surface area (TPSA) is 152 Å². The van der Waals surface area contributed by atoms with Gasteiger partial charge < -0.3 is 26.0 Å². The standard InChI is InChI=1S/C28H33BCl2N4O5/c1-18(2)14-20(17-32)26(36)33-13-7-6-10-24(34-27(37)22-16-21(30)11-12-23(22)31)28(38)35-25(29(39)40)15-19-8-4-3-5-9-19/h3-5,8-9,11-12,14,16,18,24-25,39-40H,6-7,10,13,15H2,1-2H3,(H,33,36)(H,34,37)(H,35,38)/t24?,25-/m0/s1. The molecule has 5 N–H and O–H groups in total. The number of halogens is 2. The molecule has 1 unspecified atom stereocenters. The van der Waals surface area contributed by atoms with Crippen LogP contribution < -0.4 is 16.0 Å². The Bertz CT molecular complexity index is 1230. The maximum Gasteiger partial charge on any atom is 0.475 e. The molecule has 3 amide bonds. The molecule has 12 heteroatoms. The Morgan fingerprint density at radius 2 is 1.75 bits per heavy atom. The molecule has 0 heterocycles. The van der Waals surface area contributed by atoms with Crippen molar-refractivity contribution in [2.75, 3.05) is 6.54 Å². The van der Waals surface area contributed by atoms with Gasteiger partial charge in [0, 0.05) is 11.6 Å². The van der Waals surface area contributed by atoms with Crippen LogP contribution in [0.4, 0.5) is 0 Å². The lowest BCUT2D eigenvalue weighted by Crippen LogP contribution is -2.54. The summed E-state index contributed by atoms with van der Waals surface area (Å²) in [5, 5.41) is 37.4. The number of rotatable bonds is 14. The van der Waals surface area contributed by atoms with Crippen LogP contribution in [0.25, 0.3) is 0 Å². The minimum Gasteiger partial charge on any atom is -0.426 e. The van der Waals surface area contributed by atoms with Gasteiger partial charge >= 0.3 is 7.12 Å². The fourth-order valence-corrected chi connectivity index (χ4v) is 4.20. The molecule has 0 saturated heterocycles. The number of hydrogen-bond donors (Lipinski definition) is 5. The minimum absolute atomic E-state index is 0.0323. The van der Waals surface area contributed by atoms with Crippen LogP contribution in [0.5, 0.6) is 0 Å². The van der Waals surface area contributed by atoms with Gasteiger partial charge in [-0.25, -0.2) is 0 Å². The first-order valence-electron chi connectivity index (χ1n) is 12.9. The second-order valence-corrected chi connectivity index (χ2v) is 10.4. The molecule has 0 aliphatic heterocycles. The first-order valence-corrected chi connectivity index (χ1v) is 13.6. The monoisotopic (exact) mass is 586 g/mol. The van der Waals surface area contributed by atoms with Crippen LogP contribution in [0, 0.1) is 17.2 Å². The number of hydrogen-bond acceptors (Lipinski definition) is 6. The van der Waals surface area contributed by atoms with Gasteiger partial charge in [-0.2, -0.15) is 5.26 Å². The largest absolute Gasteiger partial charge is 0.475 e. The van der Waals surface area contributed by atoms with Gasteiger partial charge in [-0.05, 0) is 55.4 Å². The number of allylic oxidation sites excluding steroid dienone is 1. The zero-order valence-electron chi connectivity index (χ0n) is 22.4. The van der Waals surface area contributed by atoms with Crippen molar-refractivity contribution in [3.05, 3.63) is 81.4 Å². The molecule has 2 atom stereocenters. The van der Waals surface area contributed by atoms with Gasteiger partial charge in [-0.3, -0.25) is 14.4 Å². The lowest BCUT2D eigenvalue weighted by molar-refractivity contribution is -0.123. The summed E-state index contributed by atoms with van der Waals surface area (Å²) in [5.41, 5.74) is 0.902. The maximum absolute atomic E-state index is 13.2. The third-order valence-electron chi connectivity index (χ3n) is 5.85. The van der Waals surface area contributed by atoms with Crippen LogP contribution >= 0.6 is 23.2 Å². The zero-order chi connectivity index (χ0) is 29.7. The molecule has 212 valence electrons. The van der Waals surface area contributed by atoms with Crippen molar-refractivity contribution in [1.29, 1.82) is 5.26 Å². The summed E-state index contributed by atoms with van der Waals surface area (Å²) in [5.74, 6) is -2.70. The molecule has 0 fully saturated rings. The lowest BCUT2D eigenvalue weighted by atomic mass is 9.75. The highest BCUT2D eigenvalue weighted by Crippen LogP contribution is 2.21. The van der Waals surface area contributed by atoms with Crippen molar-refractivity contribution < 1.29 is 24.4 Å². The Morgan fingerprint density at radius 3 is 2.38 bits per heavy atom. The fourth-order valence-electron chi connectivity index (χ4n) is 3.83. The SMILES string of the molecule is CC(C)C=C(C#N)C(=O)NCCCCC(NC(=O)c1cc(Cl)ccc1Cl)C(=O)N[C@@H](Cc1ccccc1)B(O)O. The lowest BCUT2D eigenvalue weighted by Gasteiger charge is -2.23. The van der Waals surface area contributed by atoms with Crippen LogP contribution in [-0.4, -0.2) is 53.4 Å². The van der Waals surface area contributed by atoms with Crippen molar-refractivity contribution in [2.45, 2.75) is 51.5 Å². The molecule has 0 aromatic heterocycles. The van der Waals surface area contributed by atoms with Gasteiger partial charge in [0.1, 0.15) is 17.7 Å². The molecule has 0 saturated carbocycles. The highest BCUT2D eigenvalue weighted by atomic mass is 35.5. The third kappa shape index (κ3) is 11.0. The van der Waals surface area contributed by atoms with Crippen molar-refractivity contribution >= 4 is 48.0 Å².